The minimum atomic E-state index is -1.57. The molecule has 1 aliphatic heterocycles. The van der Waals surface area contributed by atoms with Crippen LogP contribution in [-0.2, 0) is 4.74 Å². The van der Waals surface area contributed by atoms with Crippen molar-refractivity contribution < 1.29 is 22.7 Å². The van der Waals surface area contributed by atoms with Gasteiger partial charge in [0.2, 0.25) is 0 Å². The molecule has 1 aliphatic rings. The molecule has 1 saturated heterocycles. The lowest BCUT2D eigenvalue weighted by molar-refractivity contribution is 0.0538. The van der Waals surface area contributed by atoms with Gasteiger partial charge in [-0.1, -0.05) is 0 Å². The van der Waals surface area contributed by atoms with E-state index in [0.717, 1.165) is 25.0 Å². The smallest absolute Gasteiger partial charge is 0.254 e. The molecule has 1 aromatic carbocycles. The molecule has 20 heavy (non-hydrogen) atoms. The largest absolute Gasteiger partial charge is 0.376 e. The maximum absolute atomic E-state index is 13.2. The summed E-state index contributed by atoms with van der Waals surface area (Å²) < 4.78 is 44.6. The lowest BCUT2D eigenvalue weighted by Gasteiger charge is -2.24. The average Bonchev–Trinajstić information content (AvgIpc) is 2.93. The number of hydrogen-bond donors (Lipinski definition) is 0. The second-order valence-corrected chi connectivity index (χ2v) is 4.73. The fourth-order valence-corrected chi connectivity index (χ4v) is 2.25. The summed E-state index contributed by atoms with van der Waals surface area (Å²) in [5.74, 6) is -4.81. The van der Waals surface area contributed by atoms with Gasteiger partial charge in [0.1, 0.15) is 0 Å². The Hall–Kier alpha value is -1.56. The van der Waals surface area contributed by atoms with Crippen molar-refractivity contribution in [3.63, 3.8) is 0 Å². The molecule has 1 amide bonds. The van der Waals surface area contributed by atoms with Crippen LogP contribution in [0.1, 0.15) is 30.1 Å². The number of hydrogen-bond acceptors (Lipinski definition) is 2. The summed E-state index contributed by atoms with van der Waals surface area (Å²) >= 11 is 0. The Balaban J connectivity index is 2.15. The zero-order valence-electron chi connectivity index (χ0n) is 11.2. The Bertz CT molecular complexity index is 478. The van der Waals surface area contributed by atoms with E-state index in [1.54, 1.807) is 6.92 Å². The van der Waals surface area contributed by atoms with Crippen molar-refractivity contribution in [1.82, 2.24) is 4.90 Å². The molecule has 1 aromatic rings. The van der Waals surface area contributed by atoms with Crippen LogP contribution in [0.5, 0.6) is 0 Å². The van der Waals surface area contributed by atoms with Gasteiger partial charge in [-0.15, -0.1) is 0 Å². The zero-order chi connectivity index (χ0) is 14.7. The number of nitrogens with zero attached hydrogens (tertiary/aromatic N) is 1. The van der Waals surface area contributed by atoms with Crippen LogP contribution in [0.4, 0.5) is 13.2 Å². The molecule has 0 spiro atoms. The summed E-state index contributed by atoms with van der Waals surface area (Å²) in [6, 6.07) is 1.44. The quantitative estimate of drug-likeness (QED) is 0.797. The van der Waals surface area contributed by atoms with E-state index in [0.29, 0.717) is 19.7 Å². The fourth-order valence-electron chi connectivity index (χ4n) is 2.25. The first kappa shape index (κ1) is 14.8. The molecule has 6 heteroatoms. The molecule has 0 N–H and O–H groups in total. The second-order valence-electron chi connectivity index (χ2n) is 4.73. The first-order valence-corrected chi connectivity index (χ1v) is 6.58. The number of amides is 1. The summed E-state index contributed by atoms with van der Waals surface area (Å²) in [5.41, 5.74) is -0.193. The second kappa shape index (κ2) is 6.26. The van der Waals surface area contributed by atoms with Gasteiger partial charge in [0.05, 0.1) is 6.10 Å². The van der Waals surface area contributed by atoms with Crippen LogP contribution in [0.3, 0.4) is 0 Å². The van der Waals surface area contributed by atoms with Gasteiger partial charge in [-0.25, -0.2) is 13.2 Å². The van der Waals surface area contributed by atoms with Crippen LogP contribution in [0, 0.1) is 17.5 Å². The summed E-state index contributed by atoms with van der Waals surface area (Å²) in [6.45, 7) is 3.19. The maximum atomic E-state index is 13.2. The number of halogens is 3. The molecule has 3 nitrogen and oxygen atoms in total. The number of benzene rings is 1. The van der Waals surface area contributed by atoms with Gasteiger partial charge < -0.3 is 9.64 Å². The standard InChI is InChI=1S/C14H16F3NO2/c1-2-18(8-10-4-3-5-20-10)14(19)9-6-11(15)13(17)12(16)7-9/h6-7,10H,2-5,8H2,1H3. The highest BCUT2D eigenvalue weighted by Crippen LogP contribution is 2.18. The maximum Gasteiger partial charge on any atom is 0.254 e. The van der Waals surface area contributed by atoms with E-state index in [4.69, 9.17) is 4.74 Å². The average molecular weight is 287 g/mol. The van der Waals surface area contributed by atoms with E-state index < -0.39 is 23.4 Å². The molecule has 2 rings (SSSR count). The van der Waals surface area contributed by atoms with Gasteiger partial charge in [0.25, 0.3) is 5.91 Å². The van der Waals surface area contributed by atoms with E-state index in [1.165, 1.54) is 4.90 Å². The van der Waals surface area contributed by atoms with E-state index in [2.05, 4.69) is 0 Å². The molecule has 0 saturated carbocycles. The topological polar surface area (TPSA) is 29.5 Å². The normalized spacial score (nSPS) is 18.3. The van der Waals surface area contributed by atoms with E-state index >= 15 is 0 Å². The predicted molar refractivity (Wildman–Crippen MR) is 66.9 cm³/mol. The Labute approximate surface area is 115 Å². The van der Waals surface area contributed by atoms with Crippen molar-refractivity contribution in [2.75, 3.05) is 19.7 Å². The first-order chi connectivity index (χ1) is 9.52. The van der Waals surface area contributed by atoms with Crippen LogP contribution < -0.4 is 0 Å². The highest BCUT2D eigenvalue weighted by molar-refractivity contribution is 5.94. The first-order valence-electron chi connectivity index (χ1n) is 6.58. The summed E-state index contributed by atoms with van der Waals surface area (Å²) in [6.07, 6.45) is 1.75. The third-order valence-corrected chi connectivity index (χ3v) is 3.35. The third-order valence-electron chi connectivity index (χ3n) is 3.35. The van der Waals surface area contributed by atoms with Gasteiger partial charge in [-0.3, -0.25) is 4.79 Å². The lowest BCUT2D eigenvalue weighted by atomic mass is 10.1. The van der Waals surface area contributed by atoms with Crippen molar-refractivity contribution in [1.29, 1.82) is 0 Å². The van der Waals surface area contributed by atoms with E-state index in [-0.39, 0.29) is 11.7 Å². The summed E-state index contributed by atoms with van der Waals surface area (Å²) in [5, 5.41) is 0. The predicted octanol–water partition coefficient (Wildman–Crippen LogP) is 2.75. The molecule has 0 bridgehead atoms. The van der Waals surface area contributed by atoms with Crippen LogP contribution >= 0.6 is 0 Å². The number of likely N-dealkylation sites (N-methyl/N-ethyl adjacent to an activating group) is 1. The Morgan fingerprint density at radius 2 is 2.00 bits per heavy atom. The highest BCUT2D eigenvalue weighted by atomic mass is 19.2. The van der Waals surface area contributed by atoms with Crippen LogP contribution in [0.2, 0.25) is 0 Å². The Morgan fingerprint density at radius 1 is 1.35 bits per heavy atom. The van der Waals surface area contributed by atoms with Gasteiger partial charge in [-0.05, 0) is 31.9 Å². The van der Waals surface area contributed by atoms with Crippen molar-refractivity contribution in [2.24, 2.45) is 0 Å². The Kier molecular flexibility index (Phi) is 4.65. The van der Waals surface area contributed by atoms with Crippen molar-refractivity contribution >= 4 is 5.91 Å². The molecule has 1 atom stereocenters. The molecule has 0 aliphatic carbocycles. The van der Waals surface area contributed by atoms with Crippen LogP contribution in [-0.4, -0.2) is 36.6 Å². The summed E-state index contributed by atoms with van der Waals surface area (Å²) in [4.78, 5) is 13.6. The van der Waals surface area contributed by atoms with Crippen LogP contribution in [0.25, 0.3) is 0 Å². The minimum Gasteiger partial charge on any atom is -0.376 e. The zero-order valence-corrected chi connectivity index (χ0v) is 11.2. The third kappa shape index (κ3) is 3.12. The van der Waals surface area contributed by atoms with Crippen molar-refractivity contribution in [3.05, 3.63) is 35.1 Å². The fraction of sp³-hybridized carbons (Fsp3) is 0.500. The van der Waals surface area contributed by atoms with Gasteiger partial charge in [-0.2, -0.15) is 0 Å². The van der Waals surface area contributed by atoms with Crippen molar-refractivity contribution in [3.8, 4) is 0 Å². The Morgan fingerprint density at radius 3 is 2.50 bits per heavy atom. The number of carbonyl (C=O) groups excluding carboxylic acids is 1. The van der Waals surface area contributed by atoms with E-state index in [1.807, 2.05) is 0 Å². The SMILES string of the molecule is CCN(CC1CCCO1)C(=O)c1cc(F)c(F)c(F)c1. The highest BCUT2D eigenvalue weighted by Gasteiger charge is 2.24. The lowest BCUT2D eigenvalue weighted by Crippen LogP contribution is -2.37. The number of rotatable bonds is 4. The van der Waals surface area contributed by atoms with Gasteiger partial charge in [0, 0.05) is 25.3 Å². The molecular weight excluding hydrogens is 271 g/mol. The number of carbonyl (C=O) groups is 1. The minimum absolute atomic E-state index is 0.0472. The molecule has 0 aromatic heterocycles. The van der Waals surface area contributed by atoms with Gasteiger partial charge in [0.15, 0.2) is 17.5 Å². The van der Waals surface area contributed by atoms with Crippen molar-refractivity contribution in [2.45, 2.75) is 25.9 Å². The molecule has 1 heterocycles. The summed E-state index contributed by atoms with van der Waals surface area (Å²) in [7, 11) is 0. The number of ether oxygens (including phenoxy) is 1. The van der Waals surface area contributed by atoms with Gasteiger partial charge >= 0.3 is 0 Å². The monoisotopic (exact) mass is 287 g/mol. The molecule has 0 radical (unpaired) electrons. The molecule has 1 unspecified atom stereocenters. The van der Waals surface area contributed by atoms with Crippen LogP contribution in [0.15, 0.2) is 12.1 Å². The molecule has 110 valence electrons. The molecular formula is C14H16F3NO2. The van der Waals surface area contributed by atoms with E-state index in [9.17, 15) is 18.0 Å². The molecule has 1 fully saturated rings.